The van der Waals surface area contributed by atoms with Crippen molar-refractivity contribution in [1.29, 1.82) is 0 Å². The minimum atomic E-state index is -1.90. The molecule has 3 aromatic carbocycles. The number of hydrogen-bond acceptors (Lipinski definition) is 2. The zero-order valence-electron chi connectivity index (χ0n) is 15.1. The summed E-state index contributed by atoms with van der Waals surface area (Å²) in [6.07, 6.45) is -1.21. The molecule has 0 radical (unpaired) electrons. The van der Waals surface area contributed by atoms with E-state index in [9.17, 15) is 4.79 Å². The summed E-state index contributed by atoms with van der Waals surface area (Å²) in [5.41, 5.74) is 1.62. The summed E-state index contributed by atoms with van der Waals surface area (Å²) >= 11 is 24.2. The highest BCUT2D eigenvalue weighted by Crippen LogP contribution is 2.33. The molecule has 1 N–H and O–H groups in total. The Morgan fingerprint density at radius 2 is 1.28 bits per heavy atom. The number of halogens is 4. The molecule has 7 heteroatoms. The number of alkyl halides is 3. The fourth-order valence-corrected chi connectivity index (χ4v) is 3.25. The smallest absolute Gasteiger partial charge is 0.246 e. The second-order valence-corrected chi connectivity index (χ2v) is 9.06. The Morgan fingerprint density at radius 3 is 1.72 bits per heavy atom. The molecule has 1 amide bonds. The number of amides is 1. The van der Waals surface area contributed by atoms with Crippen molar-refractivity contribution in [2.24, 2.45) is 0 Å². The lowest BCUT2D eigenvalue weighted by Gasteiger charge is -2.28. The summed E-state index contributed by atoms with van der Waals surface area (Å²) in [6, 6.07) is 25.3. The normalized spacial score (nSPS) is 12.4. The van der Waals surface area contributed by atoms with Crippen LogP contribution in [0.1, 0.15) is 17.0 Å². The van der Waals surface area contributed by atoms with Crippen LogP contribution in [0.25, 0.3) is 0 Å². The Balaban J connectivity index is 1.88. The maximum atomic E-state index is 13.3. The number of ether oxygens (including phenoxy) is 1. The lowest BCUT2D eigenvalue weighted by molar-refractivity contribution is -0.124. The molecule has 0 aliphatic rings. The fourth-order valence-electron chi connectivity index (χ4n) is 2.83. The van der Waals surface area contributed by atoms with E-state index in [0.717, 1.165) is 11.1 Å². The summed E-state index contributed by atoms with van der Waals surface area (Å²) < 4.78 is 3.84. The molecule has 0 saturated heterocycles. The number of rotatable bonds is 6. The Bertz CT molecular complexity index is 889. The van der Waals surface area contributed by atoms with Crippen LogP contribution in [0.3, 0.4) is 0 Å². The van der Waals surface area contributed by atoms with Crippen molar-refractivity contribution in [1.82, 2.24) is 5.32 Å². The van der Waals surface area contributed by atoms with Gasteiger partial charge in [0.2, 0.25) is 15.9 Å². The van der Waals surface area contributed by atoms with Crippen molar-refractivity contribution in [3.05, 3.63) is 101 Å². The number of carbonyl (C=O) groups is 1. The molecule has 0 bridgehead atoms. The molecule has 3 nitrogen and oxygen atoms in total. The van der Waals surface area contributed by atoms with Crippen LogP contribution in [0.2, 0.25) is 5.02 Å². The Morgan fingerprint density at radius 1 is 0.793 bits per heavy atom. The zero-order chi connectivity index (χ0) is 20.9. The van der Waals surface area contributed by atoms with Gasteiger partial charge in [-0.3, -0.25) is 4.79 Å². The molecule has 0 saturated carbocycles. The van der Waals surface area contributed by atoms with Gasteiger partial charge in [0.25, 0.3) is 0 Å². The summed E-state index contributed by atoms with van der Waals surface area (Å²) in [6.45, 7) is 0. The summed E-state index contributed by atoms with van der Waals surface area (Å²) in [4.78, 5) is 13.3. The minimum Gasteiger partial charge on any atom is -0.466 e. The van der Waals surface area contributed by atoms with Gasteiger partial charge in [-0.2, -0.15) is 0 Å². The van der Waals surface area contributed by atoms with E-state index in [4.69, 9.17) is 51.1 Å². The van der Waals surface area contributed by atoms with Crippen molar-refractivity contribution in [2.45, 2.75) is 15.9 Å². The Kier molecular flexibility index (Phi) is 7.31. The highest BCUT2D eigenvalue weighted by Gasteiger charge is 2.38. The van der Waals surface area contributed by atoms with E-state index in [1.165, 1.54) is 0 Å². The topological polar surface area (TPSA) is 38.3 Å². The molecule has 1 atom stereocenters. The van der Waals surface area contributed by atoms with E-state index < -0.39 is 15.9 Å². The number of hydrogen-bond donors (Lipinski definition) is 1. The van der Waals surface area contributed by atoms with Crippen LogP contribution in [0.15, 0.2) is 84.9 Å². The van der Waals surface area contributed by atoms with E-state index in [0.29, 0.717) is 10.8 Å². The lowest BCUT2D eigenvalue weighted by Crippen LogP contribution is -2.49. The van der Waals surface area contributed by atoms with Gasteiger partial charge in [-0.25, -0.2) is 0 Å². The standard InChI is InChI=1S/C22H17Cl4NO2/c23-17-11-13-18(14-12-17)29-21(22(24,25)26)27-20(28)19(15-7-3-1-4-8-15)16-9-5-2-6-10-16/h1-14,19,21H,(H,27,28)/t21-/m0/s1. The zero-order valence-corrected chi connectivity index (χ0v) is 18.1. The summed E-state index contributed by atoms with van der Waals surface area (Å²) in [7, 11) is 0. The second kappa shape index (κ2) is 9.73. The van der Waals surface area contributed by atoms with Gasteiger partial charge >= 0.3 is 0 Å². The van der Waals surface area contributed by atoms with Crippen molar-refractivity contribution in [2.75, 3.05) is 0 Å². The number of carbonyl (C=O) groups excluding carboxylic acids is 1. The molecule has 150 valence electrons. The van der Waals surface area contributed by atoms with Gasteiger partial charge in [0.1, 0.15) is 5.75 Å². The third-order valence-electron chi connectivity index (χ3n) is 4.17. The van der Waals surface area contributed by atoms with Crippen LogP contribution in [-0.2, 0) is 4.79 Å². The largest absolute Gasteiger partial charge is 0.466 e. The third-order valence-corrected chi connectivity index (χ3v) is 5.01. The number of nitrogens with one attached hydrogen (secondary N) is 1. The molecule has 3 aromatic rings. The molecule has 3 rings (SSSR count). The van der Waals surface area contributed by atoms with Gasteiger partial charge < -0.3 is 10.1 Å². The first kappa shape index (κ1) is 21.8. The molecule has 0 spiro atoms. The molecule has 0 aliphatic carbocycles. The average molecular weight is 469 g/mol. The predicted molar refractivity (Wildman–Crippen MR) is 119 cm³/mol. The van der Waals surface area contributed by atoms with Crippen LogP contribution < -0.4 is 10.1 Å². The van der Waals surface area contributed by atoms with E-state index in [-0.39, 0.29) is 5.91 Å². The molecule has 0 aromatic heterocycles. The highest BCUT2D eigenvalue weighted by molar-refractivity contribution is 6.68. The minimum absolute atomic E-state index is 0.354. The van der Waals surface area contributed by atoms with Crippen molar-refractivity contribution in [3.8, 4) is 5.75 Å². The van der Waals surface area contributed by atoms with Crippen LogP contribution in [-0.4, -0.2) is 15.9 Å². The molecule has 0 fully saturated rings. The van der Waals surface area contributed by atoms with E-state index in [2.05, 4.69) is 5.32 Å². The first-order valence-corrected chi connectivity index (χ1v) is 10.2. The molecule has 29 heavy (non-hydrogen) atoms. The first-order chi connectivity index (χ1) is 13.8. The monoisotopic (exact) mass is 467 g/mol. The molecule has 0 aliphatic heterocycles. The van der Waals surface area contributed by atoms with Crippen molar-refractivity contribution >= 4 is 52.3 Å². The van der Waals surface area contributed by atoms with Crippen LogP contribution in [0.5, 0.6) is 5.75 Å². The van der Waals surface area contributed by atoms with Gasteiger partial charge in [-0.15, -0.1) is 0 Å². The van der Waals surface area contributed by atoms with Crippen LogP contribution >= 0.6 is 46.4 Å². The van der Waals surface area contributed by atoms with Gasteiger partial charge in [0, 0.05) is 5.02 Å². The molecular weight excluding hydrogens is 452 g/mol. The lowest BCUT2D eigenvalue weighted by atomic mass is 9.90. The van der Waals surface area contributed by atoms with Crippen LogP contribution in [0, 0.1) is 0 Å². The van der Waals surface area contributed by atoms with Gasteiger partial charge in [-0.1, -0.05) is 107 Å². The predicted octanol–water partition coefficient (Wildman–Crippen LogP) is 6.36. The maximum absolute atomic E-state index is 13.3. The van der Waals surface area contributed by atoms with Crippen LogP contribution in [0.4, 0.5) is 0 Å². The Labute approximate surface area is 189 Å². The Hall–Kier alpha value is -1.91. The molecular formula is C22H17Cl4NO2. The molecule has 0 heterocycles. The quantitative estimate of drug-likeness (QED) is 0.337. The average Bonchev–Trinajstić information content (AvgIpc) is 2.70. The first-order valence-electron chi connectivity index (χ1n) is 8.74. The third kappa shape index (κ3) is 6.03. The van der Waals surface area contributed by atoms with Gasteiger partial charge in [0.15, 0.2) is 0 Å². The van der Waals surface area contributed by atoms with Gasteiger partial charge in [-0.05, 0) is 35.4 Å². The second-order valence-electron chi connectivity index (χ2n) is 6.26. The van der Waals surface area contributed by atoms with E-state index in [1.54, 1.807) is 24.3 Å². The summed E-state index contributed by atoms with van der Waals surface area (Å²) in [5.74, 6) is -0.546. The highest BCUT2D eigenvalue weighted by atomic mass is 35.6. The SMILES string of the molecule is O=C(N[C@@H](Oc1ccc(Cl)cc1)C(Cl)(Cl)Cl)C(c1ccccc1)c1ccccc1. The number of benzene rings is 3. The van der Waals surface area contributed by atoms with E-state index >= 15 is 0 Å². The van der Waals surface area contributed by atoms with Crippen molar-refractivity contribution in [3.63, 3.8) is 0 Å². The molecule has 0 unspecified atom stereocenters. The van der Waals surface area contributed by atoms with E-state index in [1.807, 2.05) is 60.7 Å². The van der Waals surface area contributed by atoms with Gasteiger partial charge in [0.05, 0.1) is 5.92 Å². The maximum Gasteiger partial charge on any atom is 0.246 e. The fraction of sp³-hybridized carbons (Fsp3) is 0.136. The summed E-state index contributed by atoms with van der Waals surface area (Å²) in [5, 5.41) is 3.27. The van der Waals surface area contributed by atoms with Crippen molar-refractivity contribution < 1.29 is 9.53 Å².